The number of nitrogens with zero attached hydrogens (tertiary/aromatic N) is 2. The predicted octanol–water partition coefficient (Wildman–Crippen LogP) is 2.15. The molecule has 27 heavy (non-hydrogen) atoms. The monoisotopic (exact) mass is 386 g/mol. The van der Waals surface area contributed by atoms with Crippen molar-refractivity contribution in [3.8, 4) is 6.07 Å². The van der Waals surface area contributed by atoms with E-state index in [1.807, 2.05) is 0 Å². The molecule has 0 bridgehead atoms. The second kappa shape index (κ2) is 6.83. The Kier molecular flexibility index (Phi) is 4.70. The highest BCUT2D eigenvalue weighted by atomic mass is 32.2. The molecule has 0 aliphatic carbocycles. The van der Waals surface area contributed by atoms with Crippen LogP contribution in [0.1, 0.15) is 21.6 Å². The van der Waals surface area contributed by atoms with Gasteiger partial charge in [-0.3, -0.25) is 4.79 Å². The number of carbonyl (C=O) groups is 1. The van der Waals surface area contributed by atoms with Crippen molar-refractivity contribution in [1.82, 2.24) is 9.29 Å². The average molecular weight is 386 g/mol. The van der Waals surface area contributed by atoms with Gasteiger partial charge in [-0.2, -0.15) is 5.26 Å². The van der Waals surface area contributed by atoms with Crippen LogP contribution in [0.25, 0.3) is 6.08 Å². The summed E-state index contributed by atoms with van der Waals surface area (Å²) in [4.78, 5) is 12.7. The Bertz CT molecular complexity index is 1130. The van der Waals surface area contributed by atoms with E-state index < -0.39 is 27.8 Å². The van der Waals surface area contributed by atoms with Crippen LogP contribution in [-0.4, -0.2) is 24.9 Å². The highest BCUT2D eigenvalue weighted by molar-refractivity contribution is 7.89. The number of hydrogen-bond acceptors (Lipinski definition) is 4. The van der Waals surface area contributed by atoms with Crippen molar-refractivity contribution in [2.24, 2.45) is 7.05 Å². The van der Waals surface area contributed by atoms with Crippen LogP contribution in [-0.2, 0) is 17.1 Å². The maximum absolute atomic E-state index is 13.4. The Hall–Kier alpha value is -3.22. The second-order valence-electron chi connectivity index (χ2n) is 5.87. The molecular weight excluding hydrogens is 371 g/mol. The van der Waals surface area contributed by atoms with Crippen molar-refractivity contribution in [3.05, 3.63) is 65.8 Å². The summed E-state index contributed by atoms with van der Waals surface area (Å²) in [7, 11) is -2.30. The number of carbonyl (C=O) groups excluding carboxylic acids is 1. The molecule has 0 radical (unpaired) electrons. The SMILES string of the molecule is C=CC1C=Cc2c(cn(C)c2C(=O)Nc2ccc(F)c(C#N)c2)S(=O)(=O)N1. The molecule has 2 N–H and O–H groups in total. The number of rotatable bonds is 3. The highest BCUT2D eigenvalue weighted by Crippen LogP contribution is 2.27. The number of nitrogens with one attached hydrogen (secondary N) is 2. The molecule has 9 heteroatoms. The molecule has 1 aliphatic heterocycles. The normalized spacial score (nSPS) is 17.4. The first kappa shape index (κ1) is 18.6. The minimum Gasteiger partial charge on any atom is -0.345 e. The van der Waals surface area contributed by atoms with E-state index in [1.54, 1.807) is 25.3 Å². The second-order valence-corrected chi connectivity index (χ2v) is 7.55. The van der Waals surface area contributed by atoms with Gasteiger partial charge >= 0.3 is 0 Å². The van der Waals surface area contributed by atoms with E-state index in [-0.39, 0.29) is 27.4 Å². The molecule has 0 saturated heterocycles. The fourth-order valence-corrected chi connectivity index (χ4v) is 4.17. The molecule has 1 amide bonds. The number of hydrogen-bond donors (Lipinski definition) is 2. The quantitative estimate of drug-likeness (QED) is 0.789. The van der Waals surface area contributed by atoms with E-state index in [2.05, 4.69) is 16.6 Å². The molecular formula is C18H15FN4O3S. The van der Waals surface area contributed by atoms with Gasteiger partial charge in [0.2, 0.25) is 10.0 Å². The van der Waals surface area contributed by atoms with Crippen molar-refractivity contribution >= 4 is 27.7 Å². The maximum atomic E-state index is 13.4. The number of nitriles is 1. The van der Waals surface area contributed by atoms with Gasteiger partial charge in [-0.25, -0.2) is 17.5 Å². The molecule has 1 aromatic carbocycles. The summed E-state index contributed by atoms with van der Waals surface area (Å²) in [5.74, 6) is -1.29. The maximum Gasteiger partial charge on any atom is 0.272 e. The molecule has 138 valence electrons. The van der Waals surface area contributed by atoms with E-state index in [1.165, 1.54) is 29.0 Å². The minimum atomic E-state index is -3.84. The molecule has 1 aromatic heterocycles. The summed E-state index contributed by atoms with van der Waals surface area (Å²) >= 11 is 0. The van der Waals surface area contributed by atoms with Crippen molar-refractivity contribution < 1.29 is 17.6 Å². The lowest BCUT2D eigenvalue weighted by Gasteiger charge is -2.08. The third kappa shape index (κ3) is 3.40. The van der Waals surface area contributed by atoms with Crippen LogP contribution in [0, 0.1) is 17.1 Å². The minimum absolute atomic E-state index is 0.0347. The first-order valence-corrected chi connectivity index (χ1v) is 9.28. The van der Waals surface area contributed by atoms with E-state index in [4.69, 9.17) is 5.26 Å². The zero-order chi connectivity index (χ0) is 19.8. The van der Waals surface area contributed by atoms with Crippen LogP contribution in [0.3, 0.4) is 0 Å². The summed E-state index contributed by atoms with van der Waals surface area (Å²) in [5.41, 5.74) is 0.350. The van der Waals surface area contributed by atoms with Crippen LogP contribution in [0.5, 0.6) is 0 Å². The van der Waals surface area contributed by atoms with Crippen LogP contribution >= 0.6 is 0 Å². The number of fused-ring (bicyclic) bond motifs is 1. The zero-order valence-corrected chi connectivity index (χ0v) is 15.0. The van der Waals surface area contributed by atoms with Crippen LogP contribution < -0.4 is 10.0 Å². The Morgan fingerprint density at radius 1 is 1.48 bits per heavy atom. The third-order valence-electron chi connectivity index (χ3n) is 4.05. The number of amides is 1. The fraction of sp³-hybridized carbons (Fsp3) is 0.111. The first-order chi connectivity index (χ1) is 12.8. The Morgan fingerprint density at radius 3 is 2.89 bits per heavy atom. The molecule has 3 rings (SSSR count). The highest BCUT2D eigenvalue weighted by Gasteiger charge is 2.29. The summed E-state index contributed by atoms with van der Waals surface area (Å²) in [6.45, 7) is 3.57. The number of anilines is 1. The summed E-state index contributed by atoms with van der Waals surface area (Å²) < 4.78 is 42.3. The van der Waals surface area contributed by atoms with Crippen molar-refractivity contribution in [1.29, 1.82) is 5.26 Å². The summed E-state index contributed by atoms with van der Waals surface area (Å²) in [6.07, 6.45) is 5.90. The molecule has 0 spiro atoms. The number of sulfonamides is 1. The van der Waals surface area contributed by atoms with Gasteiger partial charge in [0.05, 0.1) is 11.6 Å². The molecule has 1 aliphatic rings. The van der Waals surface area contributed by atoms with E-state index in [0.29, 0.717) is 0 Å². The number of halogens is 1. The lowest BCUT2D eigenvalue weighted by Crippen LogP contribution is -2.30. The summed E-state index contributed by atoms with van der Waals surface area (Å²) in [6, 6.07) is 4.69. The smallest absolute Gasteiger partial charge is 0.272 e. The number of benzene rings is 1. The van der Waals surface area contributed by atoms with Crippen molar-refractivity contribution in [2.45, 2.75) is 10.9 Å². The Balaban J connectivity index is 2.04. The van der Waals surface area contributed by atoms with Gasteiger partial charge < -0.3 is 9.88 Å². The molecule has 0 fully saturated rings. The average Bonchev–Trinajstić information content (AvgIpc) is 2.91. The molecule has 0 saturated carbocycles. The topological polar surface area (TPSA) is 104 Å². The van der Waals surface area contributed by atoms with Gasteiger partial charge in [-0.15, -0.1) is 6.58 Å². The van der Waals surface area contributed by atoms with Gasteiger partial charge in [0.25, 0.3) is 5.91 Å². The van der Waals surface area contributed by atoms with Gasteiger partial charge in [0.1, 0.15) is 22.5 Å². The van der Waals surface area contributed by atoms with Gasteiger partial charge in [-0.05, 0) is 18.2 Å². The zero-order valence-electron chi connectivity index (χ0n) is 14.2. The van der Waals surface area contributed by atoms with Crippen LogP contribution in [0.4, 0.5) is 10.1 Å². The first-order valence-electron chi connectivity index (χ1n) is 7.80. The predicted molar refractivity (Wildman–Crippen MR) is 97.8 cm³/mol. The van der Waals surface area contributed by atoms with E-state index in [9.17, 15) is 17.6 Å². The largest absolute Gasteiger partial charge is 0.345 e. The van der Waals surface area contributed by atoms with Gasteiger partial charge in [-0.1, -0.05) is 18.2 Å². The molecule has 1 unspecified atom stereocenters. The van der Waals surface area contributed by atoms with Crippen LogP contribution in [0.15, 0.2) is 48.0 Å². The van der Waals surface area contributed by atoms with Gasteiger partial charge in [0, 0.05) is 24.5 Å². The molecule has 2 aromatic rings. The van der Waals surface area contributed by atoms with Crippen LogP contribution in [0.2, 0.25) is 0 Å². The van der Waals surface area contributed by atoms with E-state index >= 15 is 0 Å². The number of aromatic nitrogens is 1. The van der Waals surface area contributed by atoms with Crippen molar-refractivity contribution in [3.63, 3.8) is 0 Å². The molecule has 1 atom stereocenters. The molecule has 2 heterocycles. The Morgan fingerprint density at radius 2 is 2.22 bits per heavy atom. The molecule has 7 nitrogen and oxygen atoms in total. The lowest BCUT2D eigenvalue weighted by atomic mass is 10.1. The lowest BCUT2D eigenvalue weighted by molar-refractivity contribution is 0.101. The standard InChI is InChI=1S/C18H15FN4O3S/c1-3-12-4-6-14-16(27(25,26)22-12)10-23(2)17(14)18(24)21-13-5-7-15(19)11(8-13)9-20/h3-8,10,12,22H,1H2,2H3,(H,21,24). The van der Waals surface area contributed by atoms with E-state index in [0.717, 1.165) is 6.07 Å². The van der Waals surface area contributed by atoms with Crippen molar-refractivity contribution in [2.75, 3.05) is 5.32 Å². The number of aryl methyl sites for hydroxylation is 1. The Labute approximate surface area is 155 Å². The summed E-state index contributed by atoms with van der Waals surface area (Å²) in [5, 5.41) is 11.5. The fourth-order valence-electron chi connectivity index (χ4n) is 2.76. The van der Waals surface area contributed by atoms with Gasteiger partial charge in [0.15, 0.2) is 0 Å². The third-order valence-corrected chi connectivity index (χ3v) is 5.54.